The minimum atomic E-state index is -0.437. The Morgan fingerprint density at radius 1 is 1.27 bits per heavy atom. The molecule has 2 aromatic carbocycles. The van der Waals surface area contributed by atoms with Crippen molar-refractivity contribution in [1.82, 2.24) is 4.31 Å². The molecule has 0 fully saturated rings. The van der Waals surface area contributed by atoms with Crippen LogP contribution >= 0.6 is 11.9 Å². The van der Waals surface area contributed by atoms with E-state index in [4.69, 9.17) is 10.5 Å². The molecule has 22 heavy (non-hydrogen) atoms. The van der Waals surface area contributed by atoms with Crippen molar-refractivity contribution in [2.45, 2.75) is 19.4 Å². The van der Waals surface area contributed by atoms with Crippen LogP contribution in [0, 0.1) is 0 Å². The number of carbonyl (C=O) groups excluding carboxylic acids is 1. The molecule has 0 saturated carbocycles. The zero-order chi connectivity index (χ0) is 15.9. The number of benzene rings is 2. The lowest BCUT2D eigenvalue weighted by Crippen LogP contribution is -2.36. The molecule has 118 valence electrons. The normalized spacial score (nSPS) is 12.3. The summed E-state index contributed by atoms with van der Waals surface area (Å²) in [4.78, 5) is 11.9. The molecule has 2 amide bonds. The lowest BCUT2D eigenvalue weighted by molar-refractivity contribution is 0.143. The monoisotopic (exact) mass is 318 g/mol. The number of hydrogen-bond acceptors (Lipinski definition) is 3. The van der Waals surface area contributed by atoms with Crippen molar-refractivity contribution in [3.63, 3.8) is 0 Å². The van der Waals surface area contributed by atoms with Crippen molar-refractivity contribution < 1.29 is 9.53 Å². The maximum atomic E-state index is 11.9. The van der Waals surface area contributed by atoms with Gasteiger partial charge in [-0.2, -0.15) is 0 Å². The second-order valence-electron chi connectivity index (χ2n) is 5.04. The highest BCUT2D eigenvalue weighted by Gasteiger charge is 2.25. The highest BCUT2D eigenvalue weighted by Crippen LogP contribution is 2.32. The van der Waals surface area contributed by atoms with E-state index >= 15 is 0 Å². The molecule has 5 heteroatoms. The lowest BCUT2D eigenvalue weighted by atomic mass is 9.99. The summed E-state index contributed by atoms with van der Waals surface area (Å²) in [5.41, 5.74) is 6.66. The summed E-state index contributed by atoms with van der Waals surface area (Å²) >= 11 is 1.46. The van der Waals surface area contributed by atoms with Crippen molar-refractivity contribution in [3.05, 3.63) is 48.0 Å². The van der Waals surface area contributed by atoms with Crippen molar-refractivity contribution in [3.8, 4) is 0 Å². The topological polar surface area (TPSA) is 55.6 Å². The molecule has 0 aliphatic carbocycles. The predicted octanol–water partition coefficient (Wildman–Crippen LogP) is 3.97. The van der Waals surface area contributed by atoms with Crippen molar-refractivity contribution >= 4 is 28.8 Å². The summed E-state index contributed by atoms with van der Waals surface area (Å²) in [7, 11) is 1.64. The molecule has 2 rings (SSSR count). The van der Waals surface area contributed by atoms with E-state index < -0.39 is 6.03 Å². The Hall–Kier alpha value is -1.72. The average molecular weight is 318 g/mol. The van der Waals surface area contributed by atoms with Crippen molar-refractivity contribution in [1.29, 1.82) is 0 Å². The fraction of sp³-hybridized carbons (Fsp3) is 0.353. The number of ether oxygens (including phenoxy) is 1. The van der Waals surface area contributed by atoms with E-state index in [-0.39, 0.29) is 6.04 Å². The van der Waals surface area contributed by atoms with Gasteiger partial charge in [-0.15, -0.1) is 0 Å². The van der Waals surface area contributed by atoms with Crippen LogP contribution in [0.25, 0.3) is 10.8 Å². The van der Waals surface area contributed by atoms with Crippen LogP contribution in [0.5, 0.6) is 0 Å². The molecule has 0 spiro atoms. The van der Waals surface area contributed by atoms with E-state index in [1.165, 1.54) is 11.9 Å². The first-order valence-corrected chi connectivity index (χ1v) is 8.31. The fourth-order valence-electron chi connectivity index (χ4n) is 2.48. The van der Waals surface area contributed by atoms with Gasteiger partial charge in [-0.05, 0) is 34.7 Å². The first kappa shape index (κ1) is 16.6. The Kier molecular flexibility index (Phi) is 6.10. The number of nitrogens with zero attached hydrogens (tertiary/aromatic N) is 1. The Balaban J connectivity index is 2.46. The summed E-state index contributed by atoms with van der Waals surface area (Å²) < 4.78 is 6.99. The second kappa shape index (κ2) is 8.06. The summed E-state index contributed by atoms with van der Waals surface area (Å²) in [5.74, 6) is 0.841. The van der Waals surface area contributed by atoms with Gasteiger partial charge < -0.3 is 10.5 Å². The van der Waals surface area contributed by atoms with Gasteiger partial charge in [0.25, 0.3) is 0 Å². The molecule has 0 bridgehead atoms. The van der Waals surface area contributed by atoms with Gasteiger partial charge in [0.2, 0.25) is 0 Å². The van der Waals surface area contributed by atoms with Gasteiger partial charge in [0.15, 0.2) is 0 Å². The van der Waals surface area contributed by atoms with E-state index in [0.29, 0.717) is 6.61 Å². The van der Waals surface area contributed by atoms with E-state index in [0.717, 1.165) is 28.5 Å². The van der Waals surface area contributed by atoms with Crippen LogP contribution in [-0.4, -0.2) is 29.8 Å². The zero-order valence-corrected chi connectivity index (χ0v) is 13.8. The van der Waals surface area contributed by atoms with E-state index in [1.54, 1.807) is 11.4 Å². The highest BCUT2D eigenvalue weighted by atomic mass is 32.2. The Labute approximate surface area is 135 Å². The molecule has 0 aromatic heterocycles. The number of amides is 2. The molecule has 1 unspecified atom stereocenters. The van der Waals surface area contributed by atoms with Crippen LogP contribution in [0.2, 0.25) is 0 Å². The van der Waals surface area contributed by atoms with E-state index in [2.05, 4.69) is 25.1 Å². The molecule has 4 nitrogen and oxygen atoms in total. The molecule has 0 aliphatic rings. The average Bonchev–Trinajstić information content (AvgIpc) is 2.53. The Morgan fingerprint density at radius 3 is 2.68 bits per heavy atom. The van der Waals surface area contributed by atoms with Crippen LogP contribution in [0.3, 0.4) is 0 Å². The maximum absolute atomic E-state index is 11.9. The number of primary amides is 1. The number of hydrogen-bond donors (Lipinski definition) is 1. The number of urea groups is 1. The second-order valence-corrected chi connectivity index (χ2v) is 6.10. The standard InChI is InChI=1S/C17H22N2O2S/c1-3-11-22-19(17(18)20)16(12-21-2)15-10-6-8-13-7-4-5-9-14(13)15/h4-10,16H,3,11-12H2,1-2H3,(H2,18,20). The summed E-state index contributed by atoms with van der Waals surface area (Å²) in [6.07, 6.45) is 0.976. The zero-order valence-electron chi connectivity index (χ0n) is 13.0. The number of nitrogens with two attached hydrogens (primary N) is 1. The third-order valence-corrected chi connectivity index (χ3v) is 4.75. The predicted molar refractivity (Wildman–Crippen MR) is 92.7 cm³/mol. The Bertz CT molecular complexity index is 628. The number of rotatable bonds is 7. The van der Waals surface area contributed by atoms with Gasteiger partial charge in [0.1, 0.15) is 0 Å². The first-order valence-electron chi connectivity index (χ1n) is 7.37. The molecular formula is C17H22N2O2S. The Morgan fingerprint density at radius 2 is 2.00 bits per heavy atom. The highest BCUT2D eigenvalue weighted by molar-refractivity contribution is 7.97. The van der Waals surface area contributed by atoms with E-state index in [1.807, 2.05) is 24.3 Å². The third-order valence-electron chi connectivity index (χ3n) is 3.44. The summed E-state index contributed by atoms with van der Waals surface area (Å²) in [5, 5.41) is 2.27. The smallest absolute Gasteiger partial charge is 0.325 e. The molecular weight excluding hydrogens is 296 g/mol. The first-order chi connectivity index (χ1) is 10.7. The minimum absolute atomic E-state index is 0.204. The largest absolute Gasteiger partial charge is 0.382 e. The maximum Gasteiger partial charge on any atom is 0.325 e. The molecule has 2 aromatic rings. The quantitative estimate of drug-likeness (QED) is 0.786. The van der Waals surface area contributed by atoms with Crippen LogP contribution < -0.4 is 5.73 Å². The van der Waals surface area contributed by atoms with Gasteiger partial charge in [-0.25, -0.2) is 4.79 Å². The molecule has 2 N–H and O–H groups in total. The van der Waals surface area contributed by atoms with Crippen LogP contribution in [0.15, 0.2) is 42.5 Å². The van der Waals surface area contributed by atoms with Crippen LogP contribution in [0.1, 0.15) is 24.9 Å². The number of fused-ring (bicyclic) bond motifs is 1. The molecule has 1 atom stereocenters. The van der Waals surface area contributed by atoms with Crippen LogP contribution in [0.4, 0.5) is 4.79 Å². The SMILES string of the molecule is CCCSN(C(N)=O)C(COC)c1cccc2ccccc12. The number of methoxy groups -OCH3 is 1. The van der Waals surface area contributed by atoms with E-state index in [9.17, 15) is 4.79 Å². The third kappa shape index (κ3) is 3.72. The van der Waals surface area contributed by atoms with Crippen molar-refractivity contribution in [2.75, 3.05) is 19.5 Å². The lowest BCUT2D eigenvalue weighted by Gasteiger charge is -2.29. The van der Waals surface area contributed by atoms with Gasteiger partial charge in [-0.1, -0.05) is 49.4 Å². The summed E-state index contributed by atoms with van der Waals surface area (Å²) in [6.45, 7) is 2.49. The van der Waals surface area contributed by atoms with Gasteiger partial charge in [0.05, 0.1) is 12.6 Å². The molecule has 0 heterocycles. The fourth-order valence-corrected chi connectivity index (χ4v) is 3.34. The summed E-state index contributed by atoms with van der Waals surface area (Å²) in [6, 6.07) is 13.6. The van der Waals surface area contributed by atoms with Gasteiger partial charge in [-0.3, -0.25) is 4.31 Å². The molecule has 0 saturated heterocycles. The van der Waals surface area contributed by atoms with Crippen LogP contribution in [-0.2, 0) is 4.74 Å². The molecule has 0 aliphatic heterocycles. The van der Waals surface area contributed by atoms with Gasteiger partial charge >= 0.3 is 6.03 Å². The number of carbonyl (C=O) groups is 1. The molecule has 0 radical (unpaired) electrons. The minimum Gasteiger partial charge on any atom is -0.382 e. The van der Waals surface area contributed by atoms with Gasteiger partial charge in [0, 0.05) is 12.9 Å². The van der Waals surface area contributed by atoms with Crippen molar-refractivity contribution in [2.24, 2.45) is 5.73 Å².